The third kappa shape index (κ3) is 4.97. The van der Waals surface area contributed by atoms with Crippen LogP contribution in [-0.4, -0.2) is 41.6 Å². The van der Waals surface area contributed by atoms with Gasteiger partial charge < -0.3 is 15.3 Å². The van der Waals surface area contributed by atoms with Crippen molar-refractivity contribution in [2.75, 3.05) is 19.6 Å². The molecular weight excluding hydrogens is 300 g/mol. The van der Waals surface area contributed by atoms with Crippen molar-refractivity contribution in [1.82, 2.24) is 10.2 Å². The minimum Gasteiger partial charge on any atom is -0.387 e. The lowest BCUT2D eigenvalue weighted by Gasteiger charge is -2.32. The highest BCUT2D eigenvalue weighted by Gasteiger charge is 2.26. The lowest BCUT2D eigenvalue weighted by atomic mass is 9.95. The Morgan fingerprint density at radius 2 is 2.09 bits per heavy atom. The molecule has 2 N–H and O–H groups in total. The number of aliphatic hydroxyl groups excluding tert-OH is 1. The molecule has 2 rings (SSSR count). The van der Waals surface area contributed by atoms with Crippen molar-refractivity contribution in [2.45, 2.75) is 38.8 Å². The highest BCUT2D eigenvalue weighted by molar-refractivity contribution is 6.30. The number of carbonyl (C=O) groups is 1. The number of halogens is 1. The molecule has 122 valence electrons. The molecule has 0 radical (unpaired) electrons. The zero-order valence-electron chi connectivity index (χ0n) is 13.3. The quantitative estimate of drug-likeness (QED) is 0.875. The summed E-state index contributed by atoms with van der Waals surface area (Å²) in [4.78, 5) is 14.2. The standard InChI is InChI=1S/C17H25ClN2O2/c1-12(2)19-17(22)13-6-8-20(9-7-13)11-16(21)14-4-3-5-15(18)10-14/h3-5,10,12-13,16,21H,6-9,11H2,1-2H3,(H,19,22). The largest absolute Gasteiger partial charge is 0.387 e. The molecule has 1 aromatic carbocycles. The fraction of sp³-hybridized carbons (Fsp3) is 0.588. The molecule has 0 aliphatic carbocycles. The molecule has 1 aliphatic heterocycles. The smallest absolute Gasteiger partial charge is 0.223 e. The minimum atomic E-state index is -0.542. The van der Waals surface area contributed by atoms with Gasteiger partial charge in [0.1, 0.15) is 0 Å². The Hall–Kier alpha value is -1.10. The zero-order valence-corrected chi connectivity index (χ0v) is 14.0. The van der Waals surface area contributed by atoms with Crippen molar-refractivity contribution in [2.24, 2.45) is 5.92 Å². The summed E-state index contributed by atoms with van der Waals surface area (Å²) in [6, 6.07) is 7.53. The van der Waals surface area contributed by atoms with Crippen LogP contribution in [0.5, 0.6) is 0 Å². The molecule has 1 aromatic rings. The molecule has 0 aromatic heterocycles. The van der Waals surface area contributed by atoms with Gasteiger partial charge in [-0.25, -0.2) is 0 Å². The summed E-state index contributed by atoms with van der Waals surface area (Å²) in [7, 11) is 0. The van der Waals surface area contributed by atoms with Crippen molar-refractivity contribution < 1.29 is 9.90 Å². The van der Waals surface area contributed by atoms with Crippen LogP contribution in [0.25, 0.3) is 0 Å². The van der Waals surface area contributed by atoms with E-state index in [0.717, 1.165) is 31.5 Å². The first-order valence-corrected chi connectivity index (χ1v) is 8.29. The molecule has 5 heteroatoms. The number of β-amino-alcohol motifs (C(OH)–C–C–N with tert-alkyl or cyclic N) is 1. The molecule has 1 fully saturated rings. The number of nitrogens with zero attached hydrogens (tertiary/aromatic N) is 1. The number of carbonyl (C=O) groups excluding carboxylic acids is 1. The van der Waals surface area contributed by atoms with Crippen molar-refractivity contribution in [3.05, 3.63) is 34.9 Å². The maximum absolute atomic E-state index is 12.0. The van der Waals surface area contributed by atoms with Gasteiger partial charge in [-0.05, 0) is 57.5 Å². The second-order valence-corrected chi connectivity index (χ2v) is 6.75. The summed E-state index contributed by atoms with van der Waals surface area (Å²) in [5.74, 6) is 0.256. The van der Waals surface area contributed by atoms with Gasteiger partial charge >= 0.3 is 0 Å². The van der Waals surface area contributed by atoms with Crippen molar-refractivity contribution in [3.8, 4) is 0 Å². The van der Waals surface area contributed by atoms with Crippen LogP contribution in [0.3, 0.4) is 0 Å². The first-order chi connectivity index (χ1) is 10.5. The second-order valence-electron chi connectivity index (χ2n) is 6.31. The average Bonchev–Trinajstić information content (AvgIpc) is 2.47. The topological polar surface area (TPSA) is 52.6 Å². The van der Waals surface area contributed by atoms with Crippen LogP contribution in [0, 0.1) is 5.92 Å². The number of rotatable bonds is 5. The zero-order chi connectivity index (χ0) is 16.1. The van der Waals surface area contributed by atoms with Gasteiger partial charge in [-0.1, -0.05) is 23.7 Å². The summed E-state index contributed by atoms with van der Waals surface area (Å²) in [5.41, 5.74) is 0.840. The van der Waals surface area contributed by atoms with E-state index in [1.165, 1.54) is 0 Å². The van der Waals surface area contributed by atoms with Gasteiger partial charge in [0.15, 0.2) is 0 Å². The van der Waals surface area contributed by atoms with Gasteiger partial charge in [0.25, 0.3) is 0 Å². The Bertz CT molecular complexity index is 499. The number of aliphatic hydroxyl groups is 1. The first-order valence-electron chi connectivity index (χ1n) is 7.92. The molecule has 0 bridgehead atoms. The fourth-order valence-electron chi connectivity index (χ4n) is 2.84. The number of likely N-dealkylation sites (tertiary alicyclic amines) is 1. The lowest BCUT2D eigenvalue weighted by molar-refractivity contribution is -0.127. The summed E-state index contributed by atoms with van der Waals surface area (Å²) in [5, 5.41) is 13.9. The maximum atomic E-state index is 12.0. The third-order valence-electron chi connectivity index (χ3n) is 4.05. The third-order valence-corrected chi connectivity index (χ3v) is 4.29. The van der Waals surface area contributed by atoms with Crippen LogP contribution < -0.4 is 5.32 Å². The average molecular weight is 325 g/mol. The van der Waals surface area contributed by atoms with Crippen LogP contribution in [0.2, 0.25) is 5.02 Å². The van der Waals surface area contributed by atoms with Gasteiger partial charge in [0, 0.05) is 23.5 Å². The number of nitrogens with one attached hydrogen (secondary N) is 1. The molecule has 1 heterocycles. The Kier molecular flexibility index (Phi) is 6.24. The molecule has 0 spiro atoms. The molecule has 1 aliphatic rings. The second kappa shape index (κ2) is 7.95. The van der Waals surface area contributed by atoms with E-state index in [-0.39, 0.29) is 17.9 Å². The normalized spacial score (nSPS) is 18.4. The van der Waals surface area contributed by atoms with Crippen molar-refractivity contribution in [1.29, 1.82) is 0 Å². The summed E-state index contributed by atoms with van der Waals surface area (Å²) in [6.45, 7) is 6.23. The maximum Gasteiger partial charge on any atom is 0.223 e. The highest BCUT2D eigenvalue weighted by Crippen LogP contribution is 2.22. The van der Waals surface area contributed by atoms with Gasteiger partial charge in [-0.2, -0.15) is 0 Å². The van der Waals surface area contributed by atoms with Crippen LogP contribution >= 0.6 is 11.6 Å². The molecule has 4 nitrogen and oxygen atoms in total. The predicted octanol–water partition coefficient (Wildman–Crippen LogP) is 2.61. The molecule has 1 amide bonds. The Balaban J connectivity index is 1.81. The predicted molar refractivity (Wildman–Crippen MR) is 88.9 cm³/mol. The minimum absolute atomic E-state index is 0.0990. The van der Waals surface area contributed by atoms with E-state index in [9.17, 15) is 9.90 Å². The molecule has 1 saturated heterocycles. The first kappa shape index (κ1) is 17.3. The number of hydrogen-bond acceptors (Lipinski definition) is 3. The summed E-state index contributed by atoms with van der Waals surface area (Å²) in [6.07, 6.45) is 1.15. The van der Waals surface area contributed by atoms with Crippen LogP contribution in [0.15, 0.2) is 24.3 Å². The highest BCUT2D eigenvalue weighted by atomic mass is 35.5. The Morgan fingerprint density at radius 3 is 2.68 bits per heavy atom. The molecule has 0 saturated carbocycles. The van der Waals surface area contributed by atoms with Crippen LogP contribution in [0.4, 0.5) is 0 Å². The van der Waals surface area contributed by atoms with E-state index >= 15 is 0 Å². The lowest BCUT2D eigenvalue weighted by Crippen LogP contribution is -2.43. The fourth-order valence-corrected chi connectivity index (χ4v) is 3.04. The number of amides is 1. The monoisotopic (exact) mass is 324 g/mol. The summed E-state index contributed by atoms with van der Waals surface area (Å²) < 4.78 is 0. The van der Waals surface area contributed by atoms with Crippen molar-refractivity contribution in [3.63, 3.8) is 0 Å². The van der Waals surface area contributed by atoms with E-state index < -0.39 is 6.10 Å². The molecular formula is C17H25ClN2O2. The molecule has 22 heavy (non-hydrogen) atoms. The van der Waals surface area contributed by atoms with Crippen LogP contribution in [0.1, 0.15) is 38.4 Å². The van der Waals surface area contributed by atoms with Gasteiger partial charge in [-0.15, -0.1) is 0 Å². The number of piperidine rings is 1. The number of hydrogen-bond donors (Lipinski definition) is 2. The molecule has 1 unspecified atom stereocenters. The number of benzene rings is 1. The Labute approximate surface area is 137 Å². The van der Waals surface area contributed by atoms with Crippen LogP contribution in [-0.2, 0) is 4.79 Å². The van der Waals surface area contributed by atoms with E-state index in [1.807, 2.05) is 26.0 Å². The molecule has 1 atom stereocenters. The van der Waals surface area contributed by atoms with Gasteiger partial charge in [0.05, 0.1) is 6.10 Å². The van der Waals surface area contributed by atoms with Gasteiger partial charge in [0.2, 0.25) is 5.91 Å². The summed E-state index contributed by atoms with van der Waals surface area (Å²) >= 11 is 5.96. The van der Waals surface area contributed by atoms with Gasteiger partial charge in [-0.3, -0.25) is 4.79 Å². The SMILES string of the molecule is CC(C)NC(=O)C1CCN(CC(O)c2cccc(Cl)c2)CC1. The van der Waals surface area contributed by atoms with Crippen molar-refractivity contribution >= 4 is 17.5 Å². The van der Waals surface area contributed by atoms with E-state index in [0.29, 0.717) is 11.6 Å². The van der Waals surface area contributed by atoms with E-state index in [4.69, 9.17) is 11.6 Å². The van der Waals surface area contributed by atoms with E-state index in [1.54, 1.807) is 12.1 Å². The Morgan fingerprint density at radius 1 is 1.41 bits per heavy atom. The van der Waals surface area contributed by atoms with E-state index in [2.05, 4.69) is 10.2 Å².